The molecule has 0 radical (unpaired) electrons. The van der Waals surface area contributed by atoms with E-state index >= 15 is 14.4 Å². The Kier molecular flexibility index (Phi) is 31.4. The van der Waals surface area contributed by atoms with Gasteiger partial charge in [-0.1, -0.05) is 285 Å². The Hall–Kier alpha value is -8.23. The average Bonchev–Trinajstić information content (AvgIpc) is 0.681. The van der Waals surface area contributed by atoms with Crippen LogP contribution in [0.5, 0.6) is 40.2 Å². The Morgan fingerprint density at radius 1 is 0.358 bits per heavy atom. The summed E-state index contributed by atoms with van der Waals surface area (Å²) in [6.45, 7) is 21.2. The fourth-order valence-electron chi connectivity index (χ4n) is 15.8. The van der Waals surface area contributed by atoms with E-state index in [1.165, 1.54) is 145 Å². The van der Waals surface area contributed by atoms with Gasteiger partial charge < -0.3 is 34.1 Å². The number of nitrogens with one attached hydrogen (secondary N) is 1. The highest BCUT2D eigenvalue weighted by Gasteiger charge is 2.39. The second-order valence-electron chi connectivity index (χ2n) is 33.0. The number of aliphatic hydroxyl groups is 1. The maximum atomic E-state index is 15.7. The van der Waals surface area contributed by atoms with E-state index in [4.69, 9.17) is 23.7 Å². The summed E-state index contributed by atoms with van der Waals surface area (Å²) in [5.41, 5.74) is 3.46. The van der Waals surface area contributed by atoms with Crippen molar-refractivity contribution in [2.75, 3.05) is 46.1 Å². The maximum absolute atomic E-state index is 15.7. The number of carbonyl (C=O) groups is 5. The van der Waals surface area contributed by atoms with Crippen molar-refractivity contribution in [3.8, 4) is 40.2 Å². The summed E-state index contributed by atoms with van der Waals surface area (Å²) in [6, 6.07) is 30.1. The minimum absolute atomic E-state index is 0.0644. The van der Waals surface area contributed by atoms with Crippen LogP contribution in [0.1, 0.15) is 344 Å². The van der Waals surface area contributed by atoms with Crippen LogP contribution < -0.4 is 29.0 Å². The second-order valence-corrected chi connectivity index (χ2v) is 33.0. The van der Waals surface area contributed by atoms with Crippen molar-refractivity contribution >= 4 is 72.6 Å². The Morgan fingerprint density at radius 2 is 0.697 bits per heavy atom. The fraction of sp³-hybridized carbons (Fsp3) is 0.547. The number of benzene rings is 8. The summed E-state index contributed by atoms with van der Waals surface area (Å²) in [5.74, 6) is 0.861. The Morgan fingerprint density at radius 3 is 1.07 bits per heavy atom. The van der Waals surface area contributed by atoms with Gasteiger partial charge in [0.2, 0.25) is 5.75 Å². The first-order chi connectivity index (χ1) is 52.9. The number of carbonyl (C=O) groups excluding carboxylic acids is 5. The number of unbranched alkanes of at least 4 members (excludes halogenated alkanes) is 30. The minimum Gasteiger partial charge on any atom is -0.490 e. The molecule has 0 aliphatic carbocycles. The second kappa shape index (κ2) is 41.2. The number of aliphatic hydroxyl groups excluding tert-OH is 1. The van der Waals surface area contributed by atoms with Crippen molar-refractivity contribution in [3.05, 3.63) is 136 Å². The summed E-state index contributed by atoms with van der Waals surface area (Å²) in [4.78, 5) is 78.4. The van der Waals surface area contributed by atoms with E-state index in [0.29, 0.717) is 133 Å². The Bertz CT molecular complexity index is 4250. The molecule has 2 N–H and O–H groups in total. The van der Waals surface area contributed by atoms with Gasteiger partial charge >= 0.3 is 0 Å². The number of hydrogen-bond donors (Lipinski definition) is 2. The van der Waals surface area contributed by atoms with Crippen molar-refractivity contribution in [1.29, 1.82) is 0 Å². The molecule has 109 heavy (non-hydrogen) atoms. The lowest BCUT2D eigenvalue weighted by Crippen LogP contribution is -2.44. The molecule has 14 nitrogen and oxygen atoms in total. The quantitative estimate of drug-likeness (QED) is 0.0161. The lowest BCUT2D eigenvalue weighted by Gasteiger charge is -2.31. The molecule has 8 aromatic rings. The molecule has 588 valence electrons. The third kappa shape index (κ3) is 21.7. The van der Waals surface area contributed by atoms with Crippen LogP contribution in [-0.4, -0.2) is 90.5 Å². The van der Waals surface area contributed by atoms with Gasteiger partial charge in [-0.15, -0.1) is 0 Å². The molecule has 0 aromatic heterocycles. The number of ether oxygens (including phenoxy) is 5. The molecule has 5 amide bonds. The number of nitrogens with zero attached hydrogens (tertiary/aromatic N) is 2. The molecule has 0 bridgehead atoms. The topological polar surface area (TPSA) is 170 Å². The molecular weight excluding hydrogens is 1360 g/mol. The van der Waals surface area contributed by atoms with Crippen molar-refractivity contribution in [2.24, 2.45) is 0 Å². The van der Waals surface area contributed by atoms with E-state index < -0.39 is 29.5 Å². The van der Waals surface area contributed by atoms with E-state index in [1.807, 2.05) is 60.7 Å². The maximum Gasteiger partial charge on any atom is 0.261 e. The molecule has 2 aliphatic heterocycles. The highest BCUT2D eigenvalue weighted by Crippen LogP contribution is 2.53. The van der Waals surface area contributed by atoms with Crippen LogP contribution in [-0.2, 0) is 10.8 Å². The third-order valence-electron chi connectivity index (χ3n) is 22.3. The minimum atomic E-state index is -0.559. The third-order valence-corrected chi connectivity index (χ3v) is 22.3. The largest absolute Gasteiger partial charge is 0.490 e. The number of hydrogen-bond acceptors (Lipinski definition) is 11. The van der Waals surface area contributed by atoms with Gasteiger partial charge in [-0.25, -0.2) is 0 Å². The predicted octanol–water partition coefficient (Wildman–Crippen LogP) is 25.0. The van der Waals surface area contributed by atoms with E-state index in [2.05, 4.69) is 67.6 Å². The summed E-state index contributed by atoms with van der Waals surface area (Å²) in [5, 5.41) is 17.2. The highest BCUT2D eigenvalue weighted by atomic mass is 16.5. The van der Waals surface area contributed by atoms with E-state index in [0.717, 1.165) is 81.8 Å². The Labute approximate surface area is 650 Å². The van der Waals surface area contributed by atoms with Gasteiger partial charge in [0.05, 0.1) is 30.9 Å². The zero-order valence-electron chi connectivity index (χ0n) is 67.7. The SMILES string of the molecule is CCCCCCCCCCCCOc1cc(C(=O)NCCN2C(=O)c3ccc4c5c(Oc6ccc(C(C)(C)C)cc6)cc6c7c(ccc(c8c(Oc9ccc(C(C)(C)C)cc9)cc(c3c48)C2=O)c75)C(=O)N(CCCCCCO)C6=O)cc(OCCCCCCCCCCCC)c1OCCCCCCCCCCCC. The van der Waals surface area contributed by atoms with Gasteiger partial charge in [-0.05, 0) is 125 Å². The van der Waals surface area contributed by atoms with Gasteiger partial charge in [0.1, 0.15) is 23.0 Å². The van der Waals surface area contributed by atoms with Crippen LogP contribution in [0.3, 0.4) is 0 Å². The summed E-state index contributed by atoms with van der Waals surface area (Å²) in [6.07, 6.45) is 38.7. The molecule has 2 aliphatic rings. The van der Waals surface area contributed by atoms with Gasteiger partial charge in [0, 0.05) is 75.2 Å². The summed E-state index contributed by atoms with van der Waals surface area (Å²) in [7, 11) is 0. The lowest BCUT2D eigenvalue weighted by atomic mass is 9.81. The molecule has 0 fully saturated rings. The van der Waals surface area contributed by atoms with Crippen LogP contribution in [0.2, 0.25) is 0 Å². The van der Waals surface area contributed by atoms with E-state index in [1.54, 1.807) is 36.4 Å². The summed E-state index contributed by atoms with van der Waals surface area (Å²) < 4.78 is 34.2. The number of imide groups is 2. The molecular formula is C95H127N3O11. The van der Waals surface area contributed by atoms with Crippen molar-refractivity contribution in [1.82, 2.24) is 15.1 Å². The van der Waals surface area contributed by atoms with Crippen LogP contribution >= 0.6 is 0 Å². The van der Waals surface area contributed by atoms with E-state index in [9.17, 15) is 14.7 Å². The first-order valence-electron chi connectivity index (χ1n) is 42.4. The smallest absolute Gasteiger partial charge is 0.261 e. The molecule has 8 aromatic carbocycles. The van der Waals surface area contributed by atoms with E-state index in [-0.39, 0.29) is 48.2 Å². The molecule has 0 unspecified atom stereocenters. The fourth-order valence-corrected chi connectivity index (χ4v) is 15.8. The summed E-state index contributed by atoms with van der Waals surface area (Å²) >= 11 is 0. The van der Waals surface area contributed by atoms with Crippen LogP contribution in [0, 0.1) is 0 Å². The van der Waals surface area contributed by atoms with Gasteiger partial charge in [0.15, 0.2) is 11.5 Å². The lowest BCUT2D eigenvalue weighted by molar-refractivity contribution is 0.0593. The molecule has 2 heterocycles. The molecule has 0 saturated carbocycles. The highest BCUT2D eigenvalue weighted by molar-refractivity contribution is 6.43. The van der Waals surface area contributed by atoms with Crippen molar-refractivity contribution in [2.45, 2.75) is 291 Å². The first kappa shape index (κ1) is 83.2. The van der Waals surface area contributed by atoms with Gasteiger partial charge in [-0.3, -0.25) is 33.8 Å². The van der Waals surface area contributed by atoms with Crippen molar-refractivity contribution < 1.29 is 52.8 Å². The van der Waals surface area contributed by atoms with Gasteiger partial charge in [0.25, 0.3) is 29.5 Å². The zero-order valence-corrected chi connectivity index (χ0v) is 67.7. The molecule has 0 spiro atoms. The molecule has 0 saturated heterocycles. The monoisotopic (exact) mass is 1490 g/mol. The number of rotatable bonds is 50. The number of amides is 5. The van der Waals surface area contributed by atoms with Crippen LogP contribution in [0.15, 0.2) is 97.1 Å². The van der Waals surface area contributed by atoms with Crippen LogP contribution in [0.4, 0.5) is 0 Å². The molecule has 14 heteroatoms. The molecule has 0 atom stereocenters. The van der Waals surface area contributed by atoms with Crippen molar-refractivity contribution in [3.63, 3.8) is 0 Å². The standard InChI is InChI=1S/C95H127N3O11/c1-10-13-16-19-22-25-28-31-36-41-60-105-80-63-67(64-81(106-61-42-37-32-29-26-23-20-17-14-11-2)88(80)107-62-43-38-33-30-27-24-21-18-15-12-3)89(100)96-56-58-98-91(102)75-55-53-73-84-78(108-70-48-44-68(45-49-70)94(4,5)6)65-76-82-74(90(101)97(92(76)103)57-39-34-35-40-59-99)54-52-72(86(82)84)85-79(66-77(93(98)104)83(75)87(73)85)109-71-50-46-69(47-51-71)95(7,8)9/h44-55,63-66,99H,10-43,56-62H2,1-9H3,(H,96,100). The molecule has 10 rings (SSSR count). The zero-order chi connectivity index (χ0) is 77.3. The Balaban J connectivity index is 0.973. The normalized spacial score (nSPS) is 13.2. The predicted molar refractivity (Wildman–Crippen MR) is 445 cm³/mol. The number of fused-ring (bicyclic) bond motifs is 2. The van der Waals surface area contributed by atoms with Gasteiger partial charge in [-0.2, -0.15) is 0 Å². The average molecular weight is 1490 g/mol. The van der Waals surface area contributed by atoms with Crippen LogP contribution in [0.25, 0.3) is 43.1 Å². The first-order valence-corrected chi connectivity index (χ1v) is 42.4.